The molecule has 0 aromatic heterocycles. The highest BCUT2D eigenvalue weighted by atomic mass is 15.2. The molecule has 0 aliphatic carbocycles. The van der Waals surface area contributed by atoms with Crippen molar-refractivity contribution >= 4 is 0 Å². The third-order valence-corrected chi connectivity index (χ3v) is 5.47. The third kappa shape index (κ3) is 3.50. The molecule has 110 valence electrons. The average Bonchev–Trinajstić information content (AvgIpc) is 2.66. The van der Waals surface area contributed by atoms with E-state index >= 15 is 0 Å². The number of hydrogen-bond acceptors (Lipinski definition) is 3. The quantitative estimate of drug-likeness (QED) is 0.838. The standard InChI is InChI=1S/C16H31N3/c1-2-8-18-9-3-4-15(7-12-18)17-16-13-19-10-5-14(16)6-11-19/h14-17H,2-13H2,1H3. The van der Waals surface area contributed by atoms with Gasteiger partial charge in [0.1, 0.15) is 0 Å². The second-order valence-electron chi connectivity index (χ2n) is 6.88. The van der Waals surface area contributed by atoms with E-state index in [1.54, 1.807) is 0 Å². The molecule has 0 saturated carbocycles. The highest BCUT2D eigenvalue weighted by Crippen LogP contribution is 2.28. The molecule has 0 radical (unpaired) electrons. The second kappa shape index (κ2) is 6.55. The van der Waals surface area contributed by atoms with Crippen molar-refractivity contribution in [3.8, 4) is 0 Å². The highest BCUT2D eigenvalue weighted by Gasteiger charge is 2.35. The summed E-state index contributed by atoms with van der Waals surface area (Å²) in [6.07, 6.45) is 8.32. The molecule has 4 fully saturated rings. The molecule has 0 aromatic carbocycles. The summed E-state index contributed by atoms with van der Waals surface area (Å²) in [5.41, 5.74) is 0. The zero-order valence-corrected chi connectivity index (χ0v) is 12.6. The Morgan fingerprint density at radius 1 is 1.00 bits per heavy atom. The first-order valence-corrected chi connectivity index (χ1v) is 8.56. The zero-order valence-electron chi connectivity index (χ0n) is 12.6. The highest BCUT2D eigenvalue weighted by molar-refractivity contribution is 4.92. The van der Waals surface area contributed by atoms with Crippen molar-refractivity contribution in [2.75, 3.05) is 39.3 Å². The van der Waals surface area contributed by atoms with Gasteiger partial charge in [-0.1, -0.05) is 6.92 Å². The van der Waals surface area contributed by atoms with Crippen molar-refractivity contribution in [3.05, 3.63) is 0 Å². The number of likely N-dealkylation sites (tertiary alicyclic amines) is 1. The van der Waals surface area contributed by atoms with Crippen LogP contribution in [-0.4, -0.2) is 61.2 Å². The van der Waals surface area contributed by atoms with Gasteiger partial charge in [-0.05, 0) is 77.2 Å². The summed E-state index contributed by atoms with van der Waals surface area (Å²) in [5.74, 6) is 0.972. The fraction of sp³-hybridized carbons (Fsp3) is 1.00. The third-order valence-electron chi connectivity index (χ3n) is 5.47. The largest absolute Gasteiger partial charge is 0.310 e. The van der Waals surface area contributed by atoms with Crippen molar-refractivity contribution in [1.82, 2.24) is 15.1 Å². The molecule has 0 amide bonds. The van der Waals surface area contributed by atoms with Crippen molar-refractivity contribution in [2.24, 2.45) is 5.92 Å². The van der Waals surface area contributed by atoms with E-state index < -0.39 is 0 Å². The van der Waals surface area contributed by atoms with Gasteiger partial charge in [0.05, 0.1) is 0 Å². The summed E-state index contributed by atoms with van der Waals surface area (Å²) in [4.78, 5) is 5.33. The molecule has 19 heavy (non-hydrogen) atoms. The van der Waals surface area contributed by atoms with Crippen molar-refractivity contribution < 1.29 is 0 Å². The summed E-state index contributed by atoms with van der Waals surface area (Å²) < 4.78 is 0. The van der Waals surface area contributed by atoms with Crippen molar-refractivity contribution in [3.63, 3.8) is 0 Å². The van der Waals surface area contributed by atoms with E-state index in [0.717, 1.165) is 18.0 Å². The Labute approximate surface area is 118 Å². The molecule has 4 rings (SSSR count). The van der Waals surface area contributed by atoms with Gasteiger partial charge < -0.3 is 15.1 Å². The smallest absolute Gasteiger partial charge is 0.0226 e. The molecule has 4 aliphatic rings. The van der Waals surface area contributed by atoms with Crippen molar-refractivity contribution in [2.45, 2.75) is 57.5 Å². The van der Waals surface area contributed by atoms with E-state index in [1.807, 2.05) is 0 Å². The summed E-state index contributed by atoms with van der Waals surface area (Å²) in [5, 5.41) is 4.02. The summed E-state index contributed by atoms with van der Waals surface area (Å²) in [6.45, 7) is 10.3. The van der Waals surface area contributed by atoms with E-state index in [4.69, 9.17) is 0 Å². The minimum Gasteiger partial charge on any atom is -0.310 e. The minimum absolute atomic E-state index is 0.785. The van der Waals surface area contributed by atoms with E-state index in [9.17, 15) is 0 Å². The lowest BCUT2D eigenvalue weighted by Gasteiger charge is -2.46. The Bertz CT molecular complexity index is 273. The molecule has 3 heteroatoms. The average molecular weight is 265 g/mol. The number of piperidine rings is 3. The van der Waals surface area contributed by atoms with E-state index in [2.05, 4.69) is 22.0 Å². The first-order chi connectivity index (χ1) is 9.35. The zero-order chi connectivity index (χ0) is 13.1. The number of rotatable bonds is 4. The number of nitrogens with one attached hydrogen (secondary N) is 1. The molecule has 0 spiro atoms. The lowest BCUT2D eigenvalue weighted by Crippen LogP contribution is -2.58. The maximum atomic E-state index is 4.02. The molecule has 2 unspecified atom stereocenters. The Hall–Kier alpha value is -0.120. The SMILES string of the molecule is CCCN1CCCC(NC2CN3CCC2CC3)CC1. The first kappa shape index (κ1) is 13.8. The van der Waals surface area contributed by atoms with Gasteiger partial charge in [-0.2, -0.15) is 0 Å². The van der Waals surface area contributed by atoms with Crippen LogP contribution >= 0.6 is 0 Å². The van der Waals surface area contributed by atoms with E-state index in [1.165, 1.54) is 77.8 Å². The van der Waals surface area contributed by atoms with Gasteiger partial charge in [0.2, 0.25) is 0 Å². The van der Waals surface area contributed by atoms with Crippen LogP contribution in [0.2, 0.25) is 0 Å². The number of fused-ring (bicyclic) bond motifs is 3. The predicted molar refractivity (Wildman–Crippen MR) is 80.5 cm³/mol. The molecule has 3 nitrogen and oxygen atoms in total. The molecule has 4 heterocycles. The monoisotopic (exact) mass is 265 g/mol. The Morgan fingerprint density at radius 2 is 1.84 bits per heavy atom. The molecular weight excluding hydrogens is 234 g/mol. The lowest BCUT2D eigenvalue weighted by atomic mass is 9.83. The van der Waals surface area contributed by atoms with Crippen molar-refractivity contribution in [1.29, 1.82) is 0 Å². The minimum atomic E-state index is 0.785. The number of nitrogens with zero attached hydrogens (tertiary/aromatic N) is 2. The Kier molecular flexibility index (Phi) is 4.78. The van der Waals surface area contributed by atoms with Gasteiger partial charge in [0.25, 0.3) is 0 Å². The molecule has 4 aliphatic heterocycles. The second-order valence-corrected chi connectivity index (χ2v) is 6.88. The molecule has 2 atom stereocenters. The van der Waals surface area contributed by atoms with Crippen LogP contribution < -0.4 is 5.32 Å². The van der Waals surface area contributed by atoms with Gasteiger partial charge in [-0.3, -0.25) is 0 Å². The van der Waals surface area contributed by atoms with Crippen LogP contribution in [0.3, 0.4) is 0 Å². The molecular formula is C16H31N3. The van der Waals surface area contributed by atoms with E-state index in [-0.39, 0.29) is 0 Å². The van der Waals surface area contributed by atoms with Crippen LogP contribution in [0.5, 0.6) is 0 Å². The van der Waals surface area contributed by atoms with Crippen LogP contribution in [0.4, 0.5) is 0 Å². The lowest BCUT2D eigenvalue weighted by molar-refractivity contribution is 0.0659. The van der Waals surface area contributed by atoms with Crippen LogP contribution in [0, 0.1) is 5.92 Å². The van der Waals surface area contributed by atoms with Gasteiger partial charge >= 0.3 is 0 Å². The first-order valence-electron chi connectivity index (χ1n) is 8.56. The Balaban J connectivity index is 1.47. The topological polar surface area (TPSA) is 18.5 Å². The summed E-state index contributed by atoms with van der Waals surface area (Å²) >= 11 is 0. The van der Waals surface area contributed by atoms with Gasteiger partial charge in [0.15, 0.2) is 0 Å². The predicted octanol–water partition coefficient (Wildman–Crippen LogP) is 1.93. The van der Waals surface area contributed by atoms with E-state index in [0.29, 0.717) is 0 Å². The fourth-order valence-corrected chi connectivity index (χ4v) is 4.32. The molecule has 0 aromatic rings. The summed E-state index contributed by atoms with van der Waals surface area (Å²) in [7, 11) is 0. The van der Waals surface area contributed by atoms with Crippen LogP contribution in [0.15, 0.2) is 0 Å². The normalized spacial score (nSPS) is 40.3. The van der Waals surface area contributed by atoms with Crippen LogP contribution in [0.1, 0.15) is 45.4 Å². The molecule has 2 bridgehead atoms. The Morgan fingerprint density at radius 3 is 2.53 bits per heavy atom. The maximum absolute atomic E-state index is 4.02. The molecule has 4 saturated heterocycles. The van der Waals surface area contributed by atoms with Crippen LogP contribution in [0.25, 0.3) is 0 Å². The van der Waals surface area contributed by atoms with Gasteiger partial charge in [-0.15, -0.1) is 0 Å². The van der Waals surface area contributed by atoms with Gasteiger partial charge in [-0.25, -0.2) is 0 Å². The fourth-order valence-electron chi connectivity index (χ4n) is 4.32. The summed E-state index contributed by atoms with van der Waals surface area (Å²) in [6, 6.07) is 1.58. The number of hydrogen-bond donors (Lipinski definition) is 1. The van der Waals surface area contributed by atoms with Gasteiger partial charge in [0, 0.05) is 18.6 Å². The maximum Gasteiger partial charge on any atom is 0.0226 e. The molecule has 1 N–H and O–H groups in total. The van der Waals surface area contributed by atoms with Crippen LogP contribution in [-0.2, 0) is 0 Å².